The summed E-state index contributed by atoms with van der Waals surface area (Å²) in [7, 11) is -3.38. The van der Waals surface area contributed by atoms with Crippen molar-refractivity contribution in [3.63, 3.8) is 0 Å². The Bertz CT molecular complexity index is 1460. The van der Waals surface area contributed by atoms with E-state index in [1.165, 1.54) is 0 Å². The third-order valence-corrected chi connectivity index (χ3v) is 8.43. The Balaban J connectivity index is 1.52. The molecule has 3 aromatic carbocycles. The molecule has 0 bridgehead atoms. The first-order chi connectivity index (χ1) is 19.6. The first-order valence-corrected chi connectivity index (χ1v) is 15.9. The fourth-order valence-electron chi connectivity index (χ4n) is 5.22. The molecule has 2 atom stereocenters. The van der Waals surface area contributed by atoms with E-state index < -0.39 is 27.8 Å². The van der Waals surface area contributed by atoms with Gasteiger partial charge in [0.15, 0.2) is 0 Å². The molecule has 1 aliphatic heterocycles. The number of carboxylic acids is 1. The Labute approximate surface area is 242 Å². The van der Waals surface area contributed by atoms with Gasteiger partial charge in [-0.3, -0.25) is 9.69 Å². The van der Waals surface area contributed by atoms with E-state index in [0.29, 0.717) is 36.9 Å². The van der Waals surface area contributed by atoms with Gasteiger partial charge in [0.25, 0.3) is 5.91 Å². The van der Waals surface area contributed by atoms with Crippen LogP contribution in [0.25, 0.3) is 11.1 Å². The number of benzene rings is 3. The van der Waals surface area contributed by atoms with Crippen LogP contribution in [0.15, 0.2) is 72.8 Å². The van der Waals surface area contributed by atoms with E-state index in [0.717, 1.165) is 47.9 Å². The molecule has 3 aromatic rings. The minimum Gasteiger partial charge on any atom is -0.480 e. The van der Waals surface area contributed by atoms with Gasteiger partial charge in [0.1, 0.15) is 15.9 Å². The SMILES string of the molecule is Cc1ccccc1-c1cc(CN2CCCC2COCc2ccccc2)ccc1C(=O)NC(CCS(C)(=O)=O)C(=O)O. The van der Waals surface area contributed by atoms with E-state index in [2.05, 4.69) is 22.3 Å². The average Bonchev–Trinajstić information content (AvgIpc) is 3.37. The third-order valence-electron chi connectivity index (χ3n) is 7.45. The number of nitrogens with zero attached hydrogens (tertiary/aromatic N) is 1. The Morgan fingerprint density at radius 1 is 1.02 bits per heavy atom. The molecule has 0 radical (unpaired) electrons. The number of carboxylic acid groups (broad SMARTS) is 1. The lowest BCUT2D eigenvalue weighted by Gasteiger charge is -2.25. The van der Waals surface area contributed by atoms with Crippen molar-refractivity contribution in [3.05, 3.63) is 95.1 Å². The van der Waals surface area contributed by atoms with Gasteiger partial charge in [0, 0.05) is 24.4 Å². The molecule has 218 valence electrons. The van der Waals surface area contributed by atoms with Gasteiger partial charge >= 0.3 is 5.97 Å². The molecule has 8 nitrogen and oxygen atoms in total. The first-order valence-electron chi connectivity index (χ1n) is 13.9. The Morgan fingerprint density at radius 3 is 2.46 bits per heavy atom. The largest absolute Gasteiger partial charge is 0.480 e. The number of carbonyl (C=O) groups is 2. The molecule has 1 fully saturated rings. The van der Waals surface area contributed by atoms with Crippen molar-refractivity contribution in [1.82, 2.24) is 10.2 Å². The maximum Gasteiger partial charge on any atom is 0.326 e. The summed E-state index contributed by atoms with van der Waals surface area (Å²) in [6, 6.07) is 22.5. The summed E-state index contributed by atoms with van der Waals surface area (Å²) in [4.78, 5) is 27.6. The molecule has 2 N–H and O–H groups in total. The minimum absolute atomic E-state index is 0.208. The zero-order valence-corrected chi connectivity index (χ0v) is 24.4. The van der Waals surface area contributed by atoms with Crippen molar-refractivity contribution in [2.24, 2.45) is 0 Å². The number of rotatable bonds is 13. The lowest BCUT2D eigenvalue weighted by atomic mass is 9.93. The third kappa shape index (κ3) is 8.73. The lowest BCUT2D eigenvalue weighted by molar-refractivity contribution is -0.139. The number of aryl methyl sites for hydroxylation is 1. The smallest absolute Gasteiger partial charge is 0.326 e. The van der Waals surface area contributed by atoms with Crippen LogP contribution in [0.4, 0.5) is 0 Å². The number of likely N-dealkylation sites (tertiary alicyclic amines) is 1. The predicted molar refractivity (Wildman–Crippen MR) is 159 cm³/mol. The molecule has 1 amide bonds. The maximum atomic E-state index is 13.4. The van der Waals surface area contributed by atoms with Gasteiger partial charge in [-0.05, 0) is 72.7 Å². The number of hydrogen-bond donors (Lipinski definition) is 2. The number of sulfone groups is 1. The molecule has 1 aliphatic rings. The molecule has 9 heteroatoms. The average molecular weight is 579 g/mol. The highest BCUT2D eigenvalue weighted by molar-refractivity contribution is 7.90. The standard InChI is InChI=1S/C32H38N2O6S/c1-23-9-6-7-13-27(23)29-19-25(14-15-28(29)31(35)33-30(32(36)37)16-18-41(2,38)39)20-34-17-8-12-26(34)22-40-21-24-10-4-3-5-11-24/h3-7,9-11,13-15,19,26,30H,8,12,16-18,20-22H2,1-2H3,(H,33,35)(H,36,37). The van der Waals surface area contributed by atoms with E-state index in [1.807, 2.05) is 61.5 Å². The van der Waals surface area contributed by atoms with E-state index in [1.54, 1.807) is 6.07 Å². The highest BCUT2D eigenvalue weighted by Crippen LogP contribution is 2.30. The molecule has 4 rings (SSSR count). The maximum absolute atomic E-state index is 13.4. The monoisotopic (exact) mass is 578 g/mol. The van der Waals surface area contributed by atoms with Gasteiger partial charge in [0.2, 0.25) is 0 Å². The van der Waals surface area contributed by atoms with Crippen LogP contribution in [-0.2, 0) is 32.5 Å². The number of amides is 1. The van der Waals surface area contributed by atoms with Crippen LogP contribution in [0, 0.1) is 6.92 Å². The first kappa shape index (κ1) is 30.4. The van der Waals surface area contributed by atoms with E-state index in [-0.39, 0.29) is 12.2 Å². The molecular weight excluding hydrogens is 540 g/mol. The van der Waals surface area contributed by atoms with Crippen LogP contribution in [0.3, 0.4) is 0 Å². The Morgan fingerprint density at radius 2 is 1.76 bits per heavy atom. The lowest BCUT2D eigenvalue weighted by Crippen LogP contribution is -2.42. The zero-order valence-electron chi connectivity index (χ0n) is 23.6. The number of hydrogen-bond acceptors (Lipinski definition) is 6. The molecule has 0 aliphatic carbocycles. The van der Waals surface area contributed by atoms with Crippen molar-refractivity contribution in [1.29, 1.82) is 0 Å². The number of aliphatic carboxylic acids is 1. The summed E-state index contributed by atoms with van der Waals surface area (Å²) < 4.78 is 29.2. The summed E-state index contributed by atoms with van der Waals surface area (Å²) >= 11 is 0. The van der Waals surface area contributed by atoms with Crippen LogP contribution >= 0.6 is 0 Å². The second-order valence-electron chi connectivity index (χ2n) is 10.7. The minimum atomic E-state index is -3.38. The summed E-state index contributed by atoms with van der Waals surface area (Å²) in [5, 5.41) is 12.2. The normalized spacial score (nSPS) is 16.4. The second-order valence-corrected chi connectivity index (χ2v) is 13.0. The Kier molecular flexibility index (Phi) is 10.3. The number of nitrogens with one attached hydrogen (secondary N) is 1. The van der Waals surface area contributed by atoms with Gasteiger partial charge in [-0.1, -0.05) is 60.7 Å². The van der Waals surface area contributed by atoms with Crippen LogP contribution in [0.1, 0.15) is 46.3 Å². The molecule has 0 saturated carbocycles. The summed E-state index contributed by atoms with van der Waals surface area (Å²) in [5.41, 5.74) is 5.11. The summed E-state index contributed by atoms with van der Waals surface area (Å²) in [6.45, 7) is 4.85. The number of ether oxygens (including phenoxy) is 1. The van der Waals surface area contributed by atoms with Crippen LogP contribution in [-0.4, -0.2) is 67.5 Å². The highest BCUT2D eigenvalue weighted by atomic mass is 32.2. The van der Waals surface area contributed by atoms with Crippen molar-refractivity contribution < 1.29 is 27.9 Å². The van der Waals surface area contributed by atoms with Crippen LogP contribution < -0.4 is 5.32 Å². The van der Waals surface area contributed by atoms with Crippen LogP contribution in [0.2, 0.25) is 0 Å². The van der Waals surface area contributed by atoms with Crippen molar-refractivity contribution in [2.45, 2.75) is 51.4 Å². The topological polar surface area (TPSA) is 113 Å². The second kappa shape index (κ2) is 13.9. The van der Waals surface area contributed by atoms with Gasteiger partial charge in [-0.2, -0.15) is 0 Å². The fourth-order valence-corrected chi connectivity index (χ4v) is 5.89. The van der Waals surface area contributed by atoms with Gasteiger partial charge < -0.3 is 15.2 Å². The van der Waals surface area contributed by atoms with Gasteiger partial charge in [0.05, 0.1) is 19.0 Å². The Hall–Kier alpha value is -3.53. The van der Waals surface area contributed by atoms with Gasteiger partial charge in [-0.15, -0.1) is 0 Å². The number of carbonyl (C=O) groups excluding carboxylic acids is 1. The quantitative estimate of drug-likeness (QED) is 0.308. The highest BCUT2D eigenvalue weighted by Gasteiger charge is 2.27. The molecule has 1 saturated heterocycles. The predicted octanol–water partition coefficient (Wildman–Crippen LogP) is 4.46. The molecular formula is C32H38N2O6S. The molecule has 0 spiro atoms. The van der Waals surface area contributed by atoms with Crippen LogP contribution in [0.5, 0.6) is 0 Å². The van der Waals surface area contributed by atoms with E-state index in [9.17, 15) is 23.1 Å². The van der Waals surface area contributed by atoms with E-state index in [4.69, 9.17) is 4.74 Å². The summed E-state index contributed by atoms with van der Waals surface area (Å²) in [5.74, 6) is -2.16. The summed E-state index contributed by atoms with van der Waals surface area (Å²) in [6.07, 6.45) is 2.99. The molecule has 1 heterocycles. The zero-order chi connectivity index (χ0) is 29.4. The molecule has 2 unspecified atom stereocenters. The molecule has 41 heavy (non-hydrogen) atoms. The fraction of sp³-hybridized carbons (Fsp3) is 0.375. The van der Waals surface area contributed by atoms with Crippen molar-refractivity contribution >= 4 is 21.7 Å². The van der Waals surface area contributed by atoms with E-state index >= 15 is 0 Å². The van der Waals surface area contributed by atoms with Gasteiger partial charge in [-0.25, -0.2) is 13.2 Å². The molecule has 0 aromatic heterocycles. The van der Waals surface area contributed by atoms with Crippen molar-refractivity contribution in [3.8, 4) is 11.1 Å². The van der Waals surface area contributed by atoms with Crippen molar-refractivity contribution in [2.75, 3.05) is 25.2 Å².